The summed E-state index contributed by atoms with van der Waals surface area (Å²) in [5.74, 6) is 0.879. The molecule has 0 radical (unpaired) electrons. The molecule has 1 amide bonds. The summed E-state index contributed by atoms with van der Waals surface area (Å²) in [7, 11) is 0. The first-order chi connectivity index (χ1) is 13.2. The normalized spacial score (nSPS) is 10.3. The van der Waals surface area contributed by atoms with Crippen LogP contribution < -0.4 is 15.0 Å². The third-order valence-electron chi connectivity index (χ3n) is 3.94. The van der Waals surface area contributed by atoms with Gasteiger partial charge in [0, 0.05) is 18.4 Å². The van der Waals surface area contributed by atoms with Gasteiger partial charge in [0.1, 0.15) is 11.4 Å². The number of carbonyl (C=O) groups is 1. The summed E-state index contributed by atoms with van der Waals surface area (Å²) in [6, 6.07) is 18.7. The van der Waals surface area contributed by atoms with Gasteiger partial charge in [0.25, 0.3) is 5.91 Å². The molecule has 0 bridgehead atoms. The van der Waals surface area contributed by atoms with Crippen molar-refractivity contribution in [3.05, 3.63) is 72.6 Å². The van der Waals surface area contributed by atoms with Gasteiger partial charge in [-0.25, -0.2) is 9.97 Å². The van der Waals surface area contributed by atoms with Crippen LogP contribution >= 0.6 is 0 Å². The number of nitrogens with one attached hydrogen (secondary N) is 1. The van der Waals surface area contributed by atoms with Crippen LogP contribution in [0.3, 0.4) is 0 Å². The summed E-state index contributed by atoms with van der Waals surface area (Å²) in [6.45, 7) is 4.96. The van der Waals surface area contributed by atoms with Gasteiger partial charge in [0.2, 0.25) is 5.95 Å². The van der Waals surface area contributed by atoms with Crippen LogP contribution in [0.4, 0.5) is 17.3 Å². The van der Waals surface area contributed by atoms with Crippen molar-refractivity contribution in [1.82, 2.24) is 9.97 Å². The third-order valence-corrected chi connectivity index (χ3v) is 3.94. The zero-order chi connectivity index (χ0) is 19.1. The van der Waals surface area contributed by atoms with E-state index in [1.807, 2.05) is 68.4 Å². The molecule has 0 atom stereocenters. The largest absolute Gasteiger partial charge is 0.492 e. The van der Waals surface area contributed by atoms with Gasteiger partial charge in [-0.3, -0.25) is 4.79 Å². The van der Waals surface area contributed by atoms with Crippen LogP contribution in [0, 0.1) is 0 Å². The van der Waals surface area contributed by atoms with Gasteiger partial charge < -0.3 is 15.0 Å². The quantitative estimate of drug-likeness (QED) is 0.679. The molecule has 3 aromatic rings. The summed E-state index contributed by atoms with van der Waals surface area (Å²) in [5, 5.41) is 3.13. The topological polar surface area (TPSA) is 67.3 Å². The fourth-order valence-corrected chi connectivity index (χ4v) is 2.70. The molecule has 1 N–H and O–H groups in total. The van der Waals surface area contributed by atoms with E-state index in [1.165, 1.54) is 0 Å². The first-order valence-electron chi connectivity index (χ1n) is 8.91. The number of amides is 1. The van der Waals surface area contributed by atoms with E-state index in [0.717, 1.165) is 11.4 Å². The lowest BCUT2D eigenvalue weighted by Crippen LogP contribution is -2.31. The summed E-state index contributed by atoms with van der Waals surface area (Å²) < 4.78 is 5.61. The highest BCUT2D eigenvalue weighted by Gasteiger charge is 2.18. The molecule has 0 unspecified atom stereocenters. The summed E-state index contributed by atoms with van der Waals surface area (Å²) >= 11 is 0. The van der Waals surface area contributed by atoms with E-state index in [4.69, 9.17) is 4.74 Å². The standard InChI is InChI=1S/C21H22N4O2/c1-3-25(16-10-6-5-7-11-16)20(26)18-14-15-22-21(24-18)23-17-12-8-9-13-19(17)27-4-2/h5-15H,3-4H2,1-2H3,(H,22,23,24). The lowest BCUT2D eigenvalue weighted by Gasteiger charge is -2.20. The van der Waals surface area contributed by atoms with E-state index in [0.29, 0.717) is 30.5 Å². The number of hydrogen-bond donors (Lipinski definition) is 1. The number of benzene rings is 2. The van der Waals surface area contributed by atoms with E-state index >= 15 is 0 Å². The summed E-state index contributed by atoms with van der Waals surface area (Å²) in [4.78, 5) is 23.2. The first-order valence-corrected chi connectivity index (χ1v) is 8.91. The SMILES string of the molecule is CCOc1ccccc1Nc1nccc(C(=O)N(CC)c2ccccc2)n1. The monoisotopic (exact) mass is 362 g/mol. The van der Waals surface area contributed by atoms with Crippen molar-refractivity contribution >= 4 is 23.2 Å². The minimum absolute atomic E-state index is 0.174. The second-order valence-electron chi connectivity index (χ2n) is 5.70. The maximum atomic E-state index is 12.9. The molecule has 0 aliphatic heterocycles. The number of para-hydroxylation sites is 3. The van der Waals surface area contributed by atoms with Crippen LogP contribution in [0.2, 0.25) is 0 Å². The van der Waals surface area contributed by atoms with E-state index in [-0.39, 0.29) is 5.91 Å². The van der Waals surface area contributed by atoms with Gasteiger partial charge in [0.15, 0.2) is 0 Å². The number of aromatic nitrogens is 2. The van der Waals surface area contributed by atoms with Crippen LogP contribution in [0.5, 0.6) is 5.75 Å². The first kappa shape index (κ1) is 18.4. The molecule has 138 valence electrons. The van der Waals surface area contributed by atoms with Crippen molar-refractivity contribution in [2.45, 2.75) is 13.8 Å². The predicted molar refractivity (Wildman–Crippen MR) is 107 cm³/mol. The molecule has 2 aromatic carbocycles. The van der Waals surface area contributed by atoms with Crippen molar-refractivity contribution in [1.29, 1.82) is 0 Å². The highest BCUT2D eigenvalue weighted by Crippen LogP contribution is 2.26. The molecule has 0 saturated carbocycles. The minimum atomic E-state index is -0.174. The van der Waals surface area contributed by atoms with Crippen molar-refractivity contribution in [3.8, 4) is 5.75 Å². The number of hydrogen-bond acceptors (Lipinski definition) is 5. The Morgan fingerprint density at radius 3 is 2.52 bits per heavy atom. The highest BCUT2D eigenvalue weighted by atomic mass is 16.5. The molecule has 0 aliphatic carbocycles. The molecule has 27 heavy (non-hydrogen) atoms. The Morgan fingerprint density at radius 2 is 1.78 bits per heavy atom. The van der Waals surface area contributed by atoms with Crippen molar-refractivity contribution in [2.75, 3.05) is 23.4 Å². The average molecular weight is 362 g/mol. The zero-order valence-electron chi connectivity index (χ0n) is 15.4. The van der Waals surface area contributed by atoms with E-state index in [2.05, 4.69) is 15.3 Å². The summed E-state index contributed by atoms with van der Waals surface area (Å²) in [5.41, 5.74) is 1.91. The smallest absolute Gasteiger partial charge is 0.277 e. The van der Waals surface area contributed by atoms with Crippen LogP contribution in [0.15, 0.2) is 66.9 Å². The maximum Gasteiger partial charge on any atom is 0.277 e. The van der Waals surface area contributed by atoms with Gasteiger partial charge >= 0.3 is 0 Å². The fourth-order valence-electron chi connectivity index (χ4n) is 2.70. The Hall–Kier alpha value is -3.41. The van der Waals surface area contributed by atoms with Gasteiger partial charge in [-0.1, -0.05) is 30.3 Å². The lowest BCUT2D eigenvalue weighted by atomic mass is 10.2. The molecule has 0 saturated heterocycles. The van der Waals surface area contributed by atoms with Gasteiger partial charge in [-0.2, -0.15) is 0 Å². The summed E-state index contributed by atoms with van der Waals surface area (Å²) in [6.07, 6.45) is 1.57. The fraction of sp³-hybridized carbons (Fsp3) is 0.190. The number of ether oxygens (including phenoxy) is 1. The molecular formula is C21H22N4O2. The maximum absolute atomic E-state index is 12.9. The molecule has 0 spiro atoms. The molecule has 3 rings (SSSR count). The molecule has 1 heterocycles. The zero-order valence-corrected chi connectivity index (χ0v) is 15.4. The molecule has 1 aromatic heterocycles. The highest BCUT2D eigenvalue weighted by molar-refractivity contribution is 6.04. The van der Waals surface area contributed by atoms with E-state index in [9.17, 15) is 4.79 Å². The van der Waals surface area contributed by atoms with Gasteiger partial charge in [0.05, 0.1) is 12.3 Å². The molecule has 0 aliphatic rings. The Labute approximate surface area is 158 Å². The van der Waals surface area contributed by atoms with Crippen LogP contribution in [-0.4, -0.2) is 29.0 Å². The number of rotatable bonds is 7. The molecule has 6 nitrogen and oxygen atoms in total. The number of anilines is 3. The average Bonchev–Trinajstić information content (AvgIpc) is 2.71. The van der Waals surface area contributed by atoms with E-state index < -0.39 is 0 Å². The minimum Gasteiger partial charge on any atom is -0.492 e. The lowest BCUT2D eigenvalue weighted by molar-refractivity contribution is 0.0983. The van der Waals surface area contributed by atoms with Gasteiger partial charge in [-0.15, -0.1) is 0 Å². The second kappa shape index (κ2) is 8.80. The van der Waals surface area contributed by atoms with E-state index in [1.54, 1.807) is 17.2 Å². The van der Waals surface area contributed by atoms with Crippen LogP contribution in [0.1, 0.15) is 24.3 Å². The van der Waals surface area contributed by atoms with Crippen molar-refractivity contribution < 1.29 is 9.53 Å². The predicted octanol–water partition coefficient (Wildman–Crippen LogP) is 4.29. The Balaban J connectivity index is 1.84. The molecular weight excluding hydrogens is 340 g/mol. The van der Waals surface area contributed by atoms with Crippen molar-refractivity contribution in [2.24, 2.45) is 0 Å². The van der Waals surface area contributed by atoms with Crippen LogP contribution in [0.25, 0.3) is 0 Å². The Kier molecular flexibility index (Phi) is 5.99. The van der Waals surface area contributed by atoms with Crippen LogP contribution in [-0.2, 0) is 0 Å². The molecule has 0 fully saturated rings. The number of nitrogens with zero attached hydrogens (tertiary/aromatic N) is 3. The van der Waals surface area contributed by atoms with Crippen molar-refractivity contribution in [3.63, 3.8) is 0 Å². The van der Waals surface area contributed by atoms with Gasteiger partial charge in [-0.05, 0) is 44.2 Å². The third kappa shape index (κ3) is 4.41. The second-order valence-corrected chi connectivity index (χ2v) is 5.70. The molecule has 6 heteroatoms. The Bertz CT molecular complexity index is 899. The number of carbonyl (C=O) groups excluding carboxylic acids is 1. The Morgan fingerprint density at radius 1 is 1.04 bits per heavy atom.